The van der Waals surface area contributed by atoms with Crippen LogP contribution in [0.15, 0.2) is 24.7 Å². The van der Waals surface area contributed by atoms with E-state index in [1.807, 2.05) is 6.07 Å². The lowest BCUT2D eigenvalue weighted by atomic mass is 10.3. The minimum Gasteiger partial charge on any atom is -0.369 e. The van der Waals surface area contributed by atoms with Crippen LogP contribution in [-0.4, -0.2) is 57.9 Å². The highest BCUT2D eigenvalue weighted by atomic mass is 15.4. The molecule has 1 fully saturated rings. The summed E-state index contributed by atoms with van der Waals surface area (Å²) in [6, 6.07) is 1.83. The molecule has 0 saturated carbocycles. The summed E-state index contributed by atoms with van der Waals surface area (Å²) < 4.78 is 0. The van der Waals surface area contributed by atoms with E-state index in [1.54, 1.807) is 18.6 Å². The van der Waals surface area contributed by atoms with Crippen LogP contribution in [0.3, 0.4) is 0 Å². The van der Waals surface area contributed by atoms with E-state index in [1.165, 1.54) is 0 Å². The van der Waals surface area contributed by atoms with Crippen molar-refractivity contribution in [1.82, 2.24) is 25.1 Å². The molecule has 116 valence electrons. The molecule has 2 aromatic heterocycles. The van der Waals surface area contributed by atoms with Gasteiger partial charge in [0, 0.05) is 45.1 Å². The fraction of sp³-hybridized carbons (Fsp3) is 0.500. The number of nitrogens with zero attached hydrogens (tertiary/aromatic N) is 7. The van der Waals surface area contributed by atoms with Gasteiger partial charge >= 0.3 is 0 Å². The van der Waals surface area contributed by atoms with Crippen LogP contribution in [0.2, 0.25) is 0 Å². The normalized spacial score (nSPS) is 15.0. The van der Waals surface area contributed by atoms with Crippen LogP contribution < -0.4 is 15.1 Å². The van der Waals surface area contributed by atoms with Gasteiger partial charge in [0.15, 0.2) is 5.82 Å². The zero-order valence-electron chi connectivity index (χ0n) is 12.7. The number of hydrogen-bond acceptors (Lipinski definition) is 8. The summed E-state index contributed by atoms with van der Waals surface area (Å²) in [5.74, 6) is 2.23. The van der Waals surface area contributed by atoms with Crippen LogP contribution in [0.25, 0.3) is 0 Å². The Kier molecular flexibility index (Phi) is 4.57. The minimum absolute atomic E-state index is 0.676. The standard InChI is InChI=1S/C14H20N8/c1-2-4-15-12-11-18-20-14(19-12)22-9-7-21(8-10-22)13-16-5-3-6-17-13/h3,5-6,11H,2,4,7-10H2,1H3,(H,15,19,20). The molecule has 1 N–H and O–H groups in total. The van der Waals surface area contributed by atoms with Gasteiger partial charge < -0.3 is 15.1 Å². The first-order chi connectivity index (χ1) is 10.9. The number of hydrogen-bond donors (Lipinski definition) is 1. The second-order valence-corrected chi connectivity index (χ2v) is 5.09. The van der Waals surface area contributed by atoms with E-state index in [9.17, 15) is 0 Å². The number of nitrogens with one attached hydrogen (secondary N) is 1. The fourth-order valence-electron chi connectivity index (χ4n) is 2.33. The zero-order valence-corrected chi connectivity index (χ0v) is 12.7. The average molecular weight is 300 g/mol. The molecular formula is C14H20N8. The van der Waals surface area contributed by atoms with Crippen molar-refractivity contribution in [2.24, 2.45) is 0 Å². The molecule has 8 heteroatoms. The monoisotopic (exact) mass is 300 g/mol. The summed E-state index contributed by atoms with van der Waals surface area (Å²) in [4.78, 5) is 17.4. The van der Waals surface area contributed by atoms with Gasteiger partial charge in [-0.15, -0.1) is 5.10 Å². The maximum Gasteiger partial charge on any atom is 0.247 e. The maximum absolute atomic E-state index is 4.52. The van der Waals surface area contributed by atoms with E-state index in [2.05, 4.69) is 47.2 Å². The number of piperazine rings is 1. The van der Waals surface area contributed by atoms with E-state index < -0.39 is 0 Å². The summed E-state index contributed by atoms with van der Waals surface area (Å²) in [7, 11) is 0. The highest BCUT2D eigenvalue weighted by Crippen LogP contribution is 2.14. The maximum atomic E-state index is 4.52. The van der Waals surface area contributed by atoms with E-state index in [0.717, 1.165) is 50.9 Å². The third-order valence-electron chi connectivity index (χ3n) is 3.50. The Balaban J connectivity index is 1.61. The Labute approximate surface area is 129 Å². The molecule has 8 nitrogen and oxygen atoms in total. The van der Waals surface area contributed by atoms with Gasteiger partial charge in [-0.2, -0.15) is 10.1 Å². The SMILES string of the molecule is CCCNc1cnnc(N2CCN(c3ncccn3)CC2)n1. The molecule has 1 saturated heterocycles. The molecular weight excluding hydrogens is 280 g/mol. The first-order valence-corrected chi connectivity index (χ1v) is 7.57. The minimum atomic E-state index is 0.676. The number of anilines is 3. The topological polar surface area (TPSA) is 83.0 Å². The van der Waals surface area contributed by atoms with Crippen molar-refractivity contribution < 1.29 is 0 Å². The smallest absolute Gasteiger partial charge is 0.247 e. The highest BCUT2D eigenvalue weighted by molar-refractivity contribution is 5.41. The molecule has 0 bridgehead atoms. The zero-order chi connectivity index (χ0) is 15.2. The molecule has 0 aliphatic carbocycles. The van der Waals surface area contributed by atoms with Crippen LogP contribution in [0, 0.1) is 0 Å². The Morgan fingerprint density at radius 1 is 1.05 bits per heavy atom. The highest BCUT2D eigenvalue weighted by Gasteiger charge is 2.21. The molecule has 0 aromatic carbocycles. The lowest BCUT2D eigenvalue weighted by molar-refractivity contribution is 0.623. The summed E-state index contributed by atoms with van der Waals surface area (Å²) in [6.07, 6.45) is 6.25. The van der Waals surface area contributed by atoms with Crippen molar-refractivity contribution in [2.75, 3.05) is 47.8 Å². The Bertz CT molecular complexity index is 582. The lowest BCUT2D eigenvalue weighted by Gasteiger charge is -2.34. The third kappa shape index (κ3) is 3.38. The van der Waals surface area contributed by atoms with Crippen LogP contribution in [0.4, 0.5) is 17.7 Å². The van der Waals surface area contributed by atoms with Crippen molar-refractivity contribution in [3.63, 3.8) is 0 Å². The molecule has 22 heavy (non-hydrogen) atoms. The van der Waals surface area contributed by atoms with E-state index in [-0.39, 0.29) is 0 Å². The largest absolute Gasteiger partial charge is 0.369 e. The quantitative estimate of drug-likeness (QED) is 0.868. The number of aromatic nitrogens is 5. The molecule has 0 spiro atoms. The Hall–Kier alpha value is -2.51. The summed E-state index contributed by atoms with van der Waals surface area (Å²) in [5.41, 5.74) is 0. The molecule has 1 aliphatic heterocycles. The van der Waals surface area contributed by atoms with Crippen LogP contribution in [0.5, 0.6) is 0 Å². The molecule has 0 atom stereocenters. The second kappa shape index (κ2) is 6.97. The van der Waals surface area contributed by atoms with E-state index >= 15 is 0 Å². The Morgan fingerprint density at radius 3 is 2.41 bits per heavy atom. The van der Waals surface area contributed by atoms with Crippen LogP contribution in [-0.2, 0) is 0 Å². The molecule has 0 amide bonds. The van der Waals surface area contributed by atoms with Crippen LogP contribution >= 0.6 is 0 Å². The fourth-order valence-corrected chi connectivity index (χ4v) is 2.33. The molecule has 0 radical (unpaired) electrons. The molecule has 2 aromatic rings. The van der Waals surface area contributed by atoms with Gasteiger partial charge in [0.1, 0.15) is 0 Å². The molecule has 0 unspecified atom stereocenters. The van der Waals surface area contributed by atoms with Crippen molar-refractivity contribution in [3.05, 3.63) is 24.7 Å². The molecule has 3 heterocycles. The third-order valence-corrected chi connectivity index (χ3v) is 3.50. The predicted octanol–water partition coefficient (Wildman–Crippen LogP) is 0.810. The van der Waals surface area contributed by atoms with Gasteiger partial charge in [-0.05, 0) is 12.5 Å². The van der Waals surface area contributed by atoms with Gasteiger partial charge in [0.05, 0.1) is 6.20 Å². The molecule has 3 rings (SSSR count). The van der Waals surface area contributed by atoms with Gasteiger partial charge in [-0.1, -0.05) is 6.92 Å². The van der Waals surface area contributed by atoms with Gasteiger partial charge in [-0.25, -0.2) is 9.97 Å². The van der Waals surface area contributed by atoms with Crippen molar-refractivity contribution in [2.45, 2.75) is 13.3 Å². The second-order valence-electron chi connectivity index (χ2n) is 5.09. The van der Waals surface area contributed by atoms with Crippen LogP contribution in [0.1, 0.15) is 13.3 Å². The number of rotatable bonds is 5. The summed E-state index contributed by atoms with van der Waals surface area (Å²) >= 11 is 0. The van der Waals surface area contributed by atoms with Gasteiger partial charge in [-0.3, -0.25) is 0 Å². The van der Waals surface area contributed by atoms with Gasteiger partial charge in [0.2, 0.25) is 11.9 Å². The molecule has 1 aliphatic rings. The van der Waals surface area contributed by atoms with Gasteiger partial charge in [0.25, 0.3) is 0 Å². The Morgan fingerprint density at radius 2 is 1.73 bits per heavy atom. The average Bonchev–Trinajstić information content (AvgIpc) is 2.61. The van der Waals surface area contributed by atoms with Crippen molar-refractivity contribution >= 4 is 17.7 Å². The summed E-state index contributed by atoms with van der Waals surface area (Å²) in [5, 5.41) is 11.4. The first-order valence-electron chi connectivity index (χ1n) is 7.57. The van der Waals surface area contributed by atoms with Crippen molar-refractivity contribution in [1.29, 1.82) is 0 Å². The first kappa shape index (κ1) is 14.4. The lowest BCUT2D eigenvalue weighted by Crippen LogP contribution is -2.47. The van der Waals surface area contributed by atoms with E-state index in [0.29, 0.717) is 5.95 Å². The predicted molar refractivity (Wildman–Crippen MR) is 85.1 cm³/mol. The van der Waals surface area contributed by atoms with E-state index in [4.69, 9.17) is 0 Å². The van der Waals surface area contributed by atoms with Crippen molar-refractivity contribution in [3.8, 4) is 0 Å². The summed E-state index contributed by atoms with van der Waals surface area (Å²) in [6.45, 7) is 6.36.